The van der Waals surface area contributed by atoms with Gasteiger partial charge in [-0.2, -0.15) is 0 Å². The summed E-state index contributed by atoms with van der Waals surface area (Å²) >= 11 is 0. The van der Waals surface area contributed by atoms with Crippen LogP contribution in [-0.4, -0.2) is 23.0 Å². The molecule has 0 heterocycles. The largest absolute Gasteiger partial charge is 0.400 e. The first kappa shape index (κ1) is 20.1. The van der Waals surface area contributed by atoms with Crippen molar-refractivity contribution < 1.29 is 8.85 Å². The molecule has 0 aliphatic rings. The van der Waals surface area contributed by atoms with E-state index in [1.165, 1.54) is 83.1 Å². The van der Waals surface area contributed by atoms with Crippen LogP contribution in [0, 0.1) is 0 Å². The highest BCUT2D eigenvalue weighted by Gasteiger charge is 2.10. The molecule has 0 radical (unpaired) electrons. The van der Waals surface area contributed by atoms with Crippen molar-refractivity contribution in [2.45, 2.75) is 96.9 Å². The van der Waals surface area contributed by atoms with E-state index in [4.69, 9.17) is 8.85 Å². The molecule has 1 unspecified atom stereocenters. The standard InChI is InChI=1S/C17H38O2Si/c1-4-6-8-10-11-12-13-15-17-20(18-3)19-16-14-9-7-5-2/h20H,4-17H2,1-3H3. The number of unbranched alkanes of at least 4 members (excludes halogenated alkanes) is 10. The molecule has 0 aliphatic heterocycles. The summed E-state index contributed by atoms with van der Waals surface area (Å²) in [7, 11) is 0.493. The zero-order valence-electron chi connectivity index (χ0n) is 14.3. The molecule has 3 heteroatoms. The Hall–Kier alpha value is 0.137. The van der Waals surface area contributed by atoms with E-state index in [1.807, 2.05) is 7.11 Å². The van der Waals surface area contributed by atoms with Gasteiger partial charge < -0.3 is 8.85 Å². The normalized spacial score (nSPS) is 12.8. The molecule has 0 N–H and O–H groups in total. The van der Waals surface area contributed by atoms with E-state index in [0.717, 1.165) is 6.61 Å². The lowest BCUT2D eigenvalue weighted by molar-refractivity contribution is 0.222. The van der Waals surface area contributed by atoms with Gasteiger partial charge in [0.2, 0.25) is 0 Å². The first-order valence-electron chi connectivity index (χ1n) is 8.99. The van der Waals surface area contributed by atoms with Crippen LogP contribution in [0.4, 0.5) is 0 Å². The SMILES string of the molecule is CCCCCCCCCC[SiH](OC)OCCCCCC. The van der Waals surface area contributed by atoms with Crippen LogP contribution < -0.4 is 0 Å². The Labute approximate surface area is 129 Å². The van der Waals surface area contributed by atoms with E-state index in [-0.39, 0.29) is 0 Å². The Morgan fingerprint density at radius 2 is 1.15 bits per heavy atom. The summed E-state index contributed by atoms with van der Waals surface area (Å²) in [5.41, 5.74) is 0. The van der Waals surface area contributed by atoms with Gasteiger partial charge in [-0.15, -0.1) is 0 Å². The van der Waals surface area contributed by atoms with Crippen LogP contribution >= 0.6 is 0 Å². The zero-order valence-corrected chi connectivity index (χ0v) is 15.4. The molecule has 0 saturated carbocycles. The van der Waals surface area contributed by atoms with Crippen LogP contribution in [0.3, 0.4) is 0 Å². The maximum atomic E-state index is 5.91. The average Bonchev–Trinajstić information content (AvgIpc) is 2.47. The third-order valence-electron chi connectivity index (χ3n) is 3.86. The van der Waals surface area contributed by atoms with E-state index >= 15 is 0 Å². The monoisotopic (exact) mass is 302 g/mol. The summed E-state index contributed by atoms with van der Waals surface area (Å²) in [5.74, 6) is 0. The summed E-state index contributed by atoms with van der Waals surface area (Å²) in [6.45, 7) is 5.44. The van der Waals surface area contributed by atoms with Crippen molar-refractivity contribution in [3.63, 3.8) is 0 Å². The molecule has 0 fully saturated rings. The third kappa shape index (κ3) is 14.5. The molecule has 0 bridgehead atoms. The minimum atomic E-state index is -1.33. The van der Waals surface area contributed by atoms with Gasteiger partial charge in [0, 0.05) is 13.7 Å². The van der Waals surface area contributed by atoms with Crippen molar-refractivity contribution >= 4 is 9.28 Å². The summed E-state index contributed by atoms with van der Waals surface area (Å²) in [6, 6.07) is 1.19. The zero-order chi connectivity index (χ0) is 14.9. The van der Waals surface area contributed by atoms with Crippen molar-refractivity contribution in [2.24, 2.45) is 0 Å². The molecule has 0 aliphatic carbocycles. The van der Waals surface area contributed by atoms with Gasteiger partial charge in [0.25, 0.3) is 0 Å². The Morgan fingerprint density at radius 1 is 0.650 bits per heavy atom. The molecule has 20 heavy (non-hydrogen) atoms. The Balaban J connectivity index is 3.28. The Bertz CT molecular complexity index is 176. The second-order valence-corrected chi connectivity index (χ2v) is 8.10. The predicted molar refractivity (Wildman–Crippen MR) is 91.7 cm³/mol. The molecule has 0 rings (SSSR count). The van der Waals surface area contributed by atoms with Crippen molar-refractivity contribution in [1.82, 2.24) is 0 Å². The van der Waals surface area contributed by atoms with E-state index in [2.05, 4.69) is 13.8 Å². The smallest absolute Gasteiger partial charge is 0.321 e. The molecule has 0 amide bonds. The first-order valence-corrected chi connectivity index (χ1v) is 10.8. The van der Waals surface area contributed by atoms with Crippen molar-refractivity contribution in [1.29, 1.82) is 0 Å². The van der Waals surface area contributed by atoms with Gasteiger partial charge in [-0.3, -0.25) is 0 Å². The van der Waals surface area contributed by atoms with Crippen LogP contribution in [0.1, 0.15) is 90.9 Å². The van der Waals surface area contributed by atoms with E-state index in [0.29, 0.717) is 0 Å². The van der Waals surface area contributed by atoms with Crippen LogP contribution in [-0.2, 0) is 8.85 Å². The van der Waals surface area contributed by atoms with Crippen LogP contribution in [0.2, 0.25) is 6.04 Å². The van der Waals surface area contributed by atoms with E-state index < -0.39 is 9.28 Å². The summed E-state index contributed by atoms with van der Waals surface area (Å²) < 4.78 is 11.4. The van der Waals surface area contributed by atoms with Gasteiger partial charge in [0.1, 0.15) is 0 Å². The van der Waals surface area contributed by atoms with Crippen LogP contribution in [0.25, 0.3) is 0 Å². The number of rotatable bonds is 16. The fourth-order valence-corrected chi connectivity index (χ4v) is 4.05. The molecule has 122 valence electrons. The maximum Gasteiger partial charge on any atom is 0.321 e. The second kappa shape index (κ2) is 17.2. The van der Waals surface area contributed by atoms with Gasteiger partial charge >= 0.3 is 9.28 Å². The summed E-state index contributed by atoms with van der Waals surface area (Å²) in [5, 5.41) is 0. The molecular weight excluding hydrogens is 264 g/mol. The van der Waals surface area contributed by atoms with Crippen molar-refractivity contribution in [2.75, 3.05) is 13.7 Å². The molecule has 0 saturated heterocycles. The number of hydrogen-bond donors (Lipinski definition) is 0. The Morgan fingerprint density at radius 3 is 1.70 bits per heavy atom. The van der Waals surface area contributed by atoms with Gasteiger partial charge in [-0.25, -0.2) is 0 Å². The highest BCUT2D eigenvalue weighted by molar-refractivity contribution is 6.44. The fourth-order valence-electron chi connectivity index (χ4n) is 2.46. The van der Waals surface area contributed by atoms with Gasteiger partial charge in [0.05, 0.1) is 0 Å². The molecule has 0 aromatic carbocycles. The molecule has 0 aromatic heterocycles. The Kier molecular flexibility index (Phi) is 17.3. The van der Waals surface area contributed by atoms with Crippen LogP contribution in [0.15, 0.2) is 0 Å². The topological polar surface area (TPSA) is 18.5 Å². The molecule has 0 spiro atoms. The second-order valence-electron chi connectivity index (χ2n) is 5.86. The van der Waals surface area contributed by atoms with E-state index in [1.54, 1.807) is 0 Å². The van der Waals surface area contributed by atoms with Gasteiger partial charge in [-0.05, 0) is 12.5 Å². The highest BCUT2D eigenvalue weighted by Crippen LogP contribution is 2.12. The highest BCUT2D eigenvalue weighted by atomic mass is 28.3. The minimum Gasteiger partial charge on any atom is -0.400 e. The van der Waals surface area contributed by atoms with Gasteiger partial charge in [0.15, 0.2) is 0 Å². The maximum absolute atomic E-state index is 5.91. The summed E-state index contributed by atoms with van der Waals surface area (Å²) in [6.07, 6.45) is 16.2. The molecular formula is C17H38O2Si. The van der Waals surface area contributed by atoms with Gasteiger partial charge in [-0.1, -0.05) is 84.5 Å². The van der Waals surface area contributed by atoms with Crippen molar-refractivity contribution in [3.8, 4) is 0 Å². The lowest BCUT2D eigenvalue weighted by Gasteiger charge is -2.14. The van der Waals surface area contributed by atoms with Crippen molar-refractivity contribution in [3.05, 3.63) is 0 Å². The average molecular weight is 303 g/mol. The lowest BCUT2D eigenvalue weighted by atomic mass is 10.1. The van der Waals surface area contributed by atoms with Crippen LogP contribution in [0.5, 0.6) is 0 Å². The summed E-state index contributed by atoms with van der Waals surface area (Å²) in [4.78, 5) is 0. The number of hydrogen-bond acceptors (Lipinski definition) is 2. The van der Waals surface area contributed by atoms with E-state index in [9.17, 15) is 0 Å². The fraction of sp³-hybridized carbons (Fsp3) is 1.00. The molecule has 1 atom stereocenters. The predicted octanol–water partition coefficient (Wildman–Crippen LogP) is 5.59. The quantitative estimate of drug-likeness (QED) is 0.273. The third-order valence-corrected chi connectivity index (χ3v) is 5.87. The molecule has 0 aromatic rings. The molecule has 2 nitrogen and oxygen atoms in total. The first-order chi connectivity index (χ1) is 9.85. The minimum absolute atomic E-state index is 0.918. The lowest BCUT2D eigenvalue weighted by Crippen LogP contribution is -2.21.